The van der Waals surface area contributed by atoms with Crippen molar-refractivity contribution in [1.82, 2.24) is 9.61 Å². The fourth-order valence-corrected chi connectivity index (χ4v) is 1.26. The Kier molecular flexibility index (Phi) is 1.43. The molecule has 0 spiro atoms. The molecule has 0 amide bonds. The summed E-state index contributed by atoms with van der Waals surface area (Å²) >= 11 is 0. The zero-order valence-electron chi connectivity index (χ0n) is 6.69. The van der Waals surface area contributed by atoms with Crippen molar-refractivity contribution < 1.29 is 4.79 Å². The lowest BCUT2D eigenvalue weighted by Gasteiger charge is -1.96. The van der Waals surface area contributed by atoms with Gasteiger partial charge in [0, 0.05) is 5.69 Å². The molecule has 2 rings (SSSR count). The number of aromatic nitrogens is 2. The number of aryl methyl sites for hydroxylation is 1. The van der Waals surface area contributed by atoms with Crippen LogP contribution in [0.5, 0.6) is 0 Å². The third kappa shape index (κ3) is 0.830. The number of hydrogen-bond acceptors (Lipinski definition) is 2. The van der Waals surface area contributed by atoms with Gasteiger partial charge in [0.15, 0.2) is 6.29 Å². The van der Waals surface area contributed by atoms with E-state index < -0.39 is 0 Å². The number of pyridine rings is 1. The van der Waals surface area contributed by atoms with E-state index in [9.17, 15) is 4.79 Å². The van der Waals surface area contributed by atoms with Crippen molar-refractivity contribution in [2.75, 3.05) is 0 Å². The summed E-state index contributed by atoms with van der Waals surface area (Å²) in [7, 11) is 0. The van der Waals surface area contributed by atoms with Gasteiger partial charge < -0.3 is 0 Å². The molecule has 2 aromatic rings. The van der Waals surface area contributed by atoms with E-state index in [1.807, 2.05) is 25.1 Å². The van der Waals surface area contributed by atoms with Gasteiger partial charge in [-0.1, -0.05) is 6.07 Å². The molecule has 0 aliphatic carbocycles. The standard InChI is InChI=1S/C9H8N2O/c1-7-3-2-4-9-8(6-12)5-10-11(7)9/h2-6H,1H3. The quantitative estimate of drug-likeness (QED) is 0.592. The molecule has 0 aromatic carbocycles. The summed E-state index contributed by atoms with van der Waals surface area (Å²) in [4.78, 5) is 10.5. The second-order valence-corrected chi connectivity index (χ2v) is 2.68. The molecule has 60 valence electrons. The van der Waals surface area contributed by atoms with Crippen LogP contribution in [0.1, 0.15) is 16.1 Å². The highest BCUT2D eigenvalue weighted by molar-refractivity contribution is 5.85. The Morgan fingerprint density at radius 1 is 1.50 bits per heavy atom. The first-order valence-electron chi connectivity index (χ1n) is 3.71. The maximum atomic E-state index is 10.5. The van der Waals surface area contributed by atoms with Crippen molar-refractivity contribution in [3.8, 4) is 0 Å². The van der Waals surface area contributed by atoms with Gasteiger partial charge in [-0.2, -0.15) is 5.10 Å². The highest BCUT2D eigenvalue weighted by Gasteiger charge is 2.02. The van der Waals surface area contributed by atoms with Gasteiger partial charge in [-0.15, -0.1) is 0 Å². The predicted molar refractivity (Wildman–Crippen MR) is 45.3 cm³/mol. The van der Waals surface area contributed by atoms with Gasteiger partial charge in [0.1, 0.15) is 0 Å². The zero-order chi connectivity index (χ0) is 8.55. The molecule has 0 N–H and O–H groups in total. The Morgan fingerprint density at radius 2 is 2.33 bits per heavy atom. The lowest BCUT2D eigenvalue weighted by Crippen LogP contribution is -1.91. The molecule has 3 nitrogen and oxygen atoms in total. The van der Waals surface area contributed by atoms with Crippen molar-refractivity contribution >= 4 is 11.8 Å². The van der Waals surface area contributed by atoms with Gasteiger partial charge in [-0.3, -0.25) is 4.79 Å². The van der Waals surface area contributed by atoms with Gasteiger partial charge in [0.05, 0.1) is 17.3 Å². The predicted octanol–water partition coefficient (Wildman–Crippen LogP) is 1.46. The first-order chi connectivity index (χ1) is 5.83. The van der Waals surface area contributed by atoms with Crippen LogP contribution in [0, 0.1) is 6.92 Å². The summed E-state index contributed by atoms with van der Waals surface area (Å²) in [5.41, 5.74) is 2.53. The Hall–Kier alpha value is -1.64. The molecule has 3 heteroatoms. The van der Waals surface area contributed by atoms with E-state index in [0.29, 0.717) is 5.56 Å². The van der Waals surface area contributed by atoms with Gasteiger partial charge in [0.25, 0.3) is 0 Å². The van der Waals surface area contributed by atoms with Crippen LogP contribution in [0.15, 0.2) is 24.4 Å². The van der Waals surface area contributed by atoms with E-state index in [1.165, 1.54) is 0 Å². The Balaban J connectivity index is 2.88. The topological polar surface area (TPSA) is 34.4 Å². The Morgan fingerprint density at radius 3 is 3.08 bits per heavy atom. The highest BCUT2D eigenvalue weighted by Crippen LogP contribution is 2.09. The number of hydrogen-bond donors (Lipinski definition) is 0. The van der Waals surface area contributed by atoms with Gasteiger partial charge in [-0.05, 0) is 19.1 Å². The summed E-state index contributed by atoms with van der Waals surface area (Å²) in [5, 5.41) is 4.07. The van der Waals surface area contributed by atoms with Crippen molar-refractivity contribution in [3.63, 3.8) is 0 Å². The van der Waals surface area contributed by atoms with Crippen molar-refractivity contribution in [2.24, 2.45) is 0 Å². The molecule has 12 heavy (non-hydrogen) atoms. The van der Waals surface area contributed by atoms with Gasteiger partial charge in [0.2, 0.25) is 0 Å². The highest BCUT2D eigenvalue weighted by atomic mass is 16.1. The smallest absolute Gasteiger partial charge is 0.153 e. The molecular formula is C9H8N2O. The van der Waals surface area contributed by atoms with E-state index in [-0.39, 0.29) is 0 Å². The van der Waals surface area contributed by atoms with Crippen LogP contribution < -0.4 is 0 Å². The summed E-state index contributed by atoms with van der Waals surface area (Å²) in [6.45, 7) is 1.95. The number of nitrogens with zero attached hydrogens (tertiary/aromatic N) is 2. The van der Waals surface area contributed by atoms with Gasteiger partial charge >= 0.3 is 0 Å². The minimum atomic E-state index is 0.638. The normalized spacial score (nSPS) is 10.4. The molecule has 0 saturated carbocycles. The van der Waals surface area contributed by atoms with Crippen molar-refractivity contribution in [2.45, 2.75) is 6.92 Å². The van der Waals surface area contributed by atoms with E-state index in [4.69, 9.17) is 0 Å². The molecule has 2 heterocycles. The molecular weight excluding hydrogens is 152 g/mol. The maximum Gasteiger partial charge on any atom is 0.153 e. The lowest BCUT2D eigenvalue weighted by molar-refractivity contribution is 0.112. The molecule has 0 bridgehead atoms. The number of carbonyl (C=O) groups is 1. The number of carbonyl (C=O) groups excluding carboxylic acids is 1. The lowest BCUT2D eigenvalue weighted by atomic mass is 10.3. The number of rotatable bonds is 1. The fraction of sp³-hybridized carbons (Fsp3) is 0.111. The molecule has 0 saturated heterocycles. The summed E-state index contributed by atoms with van der Waals surface area (Å²) in [6, 6.07) is 5.75. The van der Waals surface area contributed by atoms with Crippen LogP contribution >= 0.6 is 0 Å². The van der Waals surface area contributed by atoms with Crippen LogP contribution in [0.2, 0.25) is 0 Å². The summed E-state index contributed by atoms with van der Waals surface area (Å²) in [5.74, 6) is 0. The molecule has 0 aliphatic heterocycles. The SMILES string of the molecule is Cc1cccc2c(C=O)cnn12. The second kappa shape index (κ2) is 2.44. The van der Waals surface area contributed by atoms with E-state index in [2.05, 4.69) is 5.10 Å². The first-order valence-corrected chi connectivity index (χ1v) is 3.71. The minimum absolute atomic E-state index is 0.638. The van der Waals surface area contributed by atoms with E-state index in [1.54, 1.807) is 10.7 Å². The largest absolute Gasteiger partial charge is 0.298 e. The minimum Gasteiger partial charge on any atom is -0.298 e. The maximum absolute atomic E-state index is 10.5. The Labute approximate surface area is 69.6 Å². The van der Waals surface area contributed by atoms with E-state index in [0.717, 1.165) is 17.5 Å². The molecule has 2 aromatic heterocycles. The number of fused-ring (bicyclic) bond motifs is 1. The van der Waals surface area contributed by atoms with Crippen LogP contribution in [-0.2, 0) is 0 Å². The molecule has 0 aliphatic rings. The Bertz CT molecular complexity index is 431. The first kappa shape index (κ1) is 7.03. The van der Waals surface area contributed by atoms with Crippen LogP contribution in [0.4, 0.5) is 0 Å². The van der Waals surface area contributed by atoms with Crippen molar-refractivity contribution in [3.05, 3.63) is 35.7 Å². The number of aldehydes is 1. The van der Waals surface area contributed by atoms with Crippen LogP contribution in [0.3, 0.4) is 0 Å². The third-order valence-corrected chi connectivity index (χ3v) is 1.89. The van der Waals surface area contributed by atoms with Crippen molar-refractivity contribution in [1.29, 1.82) is 0 Å². The monoisotopic (exact) mass is 160 g/mol. The van der Waals surface area contributed by atoms with Crippen LogP contribution in [0.25, 0.3) is 5.52 Å². The van der Waals surface area contributed by atoms with E-state index >= 15 is 0 Å². The van der Waals surface area contributed by atoms with Gasteiger partial charge in [-0.25, -0.2) is 4.52 Å². The summed E-state index contributed by atoms with van der Waals surface area (Å²) < 4.78 is 1.75. The second-order valence-electron chi connectivity index (χ2n) is 2.68. The average molecular weight is 160 g/mol. The molecule has 0 atom stereocenters. The van der Waals surface area contributed by atoms with Crippen LogP contribution in [-0.4, -0.2) is 15.9 Å². The zero-order valence-corrected chi connectivity index (χ0v) is 6.69. The average Bonchev–Trinajstić information content (AvgIpc) is 2.49. The summed E-state index contributed by atoms with van der Waals surface area (Å²) in [6.07, 6.45) is 2.40. The third-order valence-electron chi connectivity index (χ3n) is 1.89. The molecule has 0 fully saturated rings. The molecule has 0 radical (unpaired) electrons. The molecule has 0 unspecified atom stereocenters. The fourth-order valence-electron chi connectivity index (χ4n) is 1.26.